The Kier molecular flexibility index (Phi) is 3.91. The van der Waals surface area contributed by atoms with Gasteiger partial charge in [0.1, 0.15) is 5.76 Å². The predicted octanol–water partition coefficient (Wildman–Crippen LogP) is 2.63. The standard InChI is InChI=1S/C16H18N4O/c1-17-16(19-11-14-6-4-8-21-14)18-10-13-9-12-5-2-3-7-15(12)20-13/h2-9,20H,10-11H2,1H3,(H2,17,18,19). The lowest BCUT2D eigenvalue weighted by molar-refractivity contribution is 0.501. The van der Waals surface area contributed by atoms with E-state index >= 15 is 0 Å². The molecule has 1 aromatic carbocycles. The maximum absolute atomic E-state index is 5.28. The summed E-state index contributed by atoms with van der Waals surface area (Å²) in [5.41, 5.74) is 2.27. The first-order chi connectivity index (χ1) is 10.3. The summed E-state index contributed by atoms with van der Waals surface area (Å²) in [7, 11) is 1.75. The predicted molar refractivity (Wildman–Crippen MR) is 84.0 cm³/mol. The molecule has 2 heterocycles. The smallest absolute Gasteiger partial charge is 0.191 e. The molecule has 5 heteroatoms. The first-order valence-electron chi connectivity index (χ1n) is 6.88. The van der Waals surface area contributed by atoms with E-state index in [1.54, 1.807) is 13.3 Å². The van der Waals surface area contributed by atoms with Gasteiger partial charge in [0.05, 0.1) is 19.4 Å². The van der Waals surface area contributed by atoms with Crippen LogP contribution in [0, 0.1) is 0 Å². The number of guanidine groups is 1. The van der Waals surface area contributed by atoms with Crippen LogP contribution in [0.1, 0.15) is 11.5 Å². The van der Waals surface area contributed by atoms with Gasteiger partial charge < -0.3 is 20.0 Å². The van der Waals surface area contributed by atoms with Crippen LogP contribution in [-0.2, 0) is 13.1 Å². The molecule has 108 valence electrons. The monoisotopic (exact) mass is 282 g/mol. The molecule has 0 spiro atoms. The van der Waals surface area contributed by atoms with Crippen LogP contribution in [0.4, 0.5) is 0 Å². The van der Waals surface area contributed by atoms with Gasteiger partial charge in [-0.15, -0.1) is 0 Å². The van der Waals surface area contributed by atoms with Crippen molar-refractivity contribution < 1.29 is 4.42 Å². The van der Waals surface area contributed by atoms with Crippen LogP contribution in [0.15, 0.2) is 58.1 Å². The first kappa shape index (κ1) is 13.3. The van der Waals surface area contributed by atoms with E-state index in [1.165, 1.54) is 5.39 Å². The van der Waals surface area contributed by atoms with E-state index in [0.717, 1.165) is 22.9 Å². The van der Waals surface area contributed by atoms with Crippen molar-refractivity contribution in [2.24, 2.45) is 4.99 Å². The Morgan fingerprint density at radius 1 is 1.14 bits per heavy atom. The molecule has 3 aromatic rings. The van der Waals surface area contributed by atoms with Crippen molar-refractivity contribution in [2.45, 2.75) is 13.1 Å². The van der Waals surface area contributed by atoms with Gasteiger partial charge in [-0.3, -0.25) is 4.99 Å². The summed E-state index contributed by atoms with van der Waals surface area (Å²) in [5, 5.41) is 7.70. The fraction of sp³-hybridized carbons (Fsp3) is 0.188. The van der Waals surface area contributed by atoms with Gasteiger partial charge in [-0.2, -0.15) is 0 Å². The number of para-hydroxylation sites is 1. The molecule has 0 radical (unpaired) electrons. The van der Waals surface area contributed by atoms with E-state index in [2.05, 4.69) is 38.8 Å². The number of aliphatic imine (C=N–C) groups is 1. The molecule has 0 saturated heterocycles. The molecule has 0 bridgehead atoms. The molecular weight excluding hydrogens is 264 g/mol. The second-order valence-corrected chi connectivity index (χ2v) is 4.74. The third-order valence-electron chi connectivity index (χ3n) is 3.27. The highest BCUT2D eigenvalue weighted by atomic mass is 16.3. The zero-order valence-corrected chi connectivity index (χ0v) is 11.9. The first-order valence-corrected chi connectivity index (χ1v) is 6.88. The van der Waals surface area contributed by atoms with Crippen LogP contribution in [0.25, 0.3) is 10.9 Å². The van der Waals surface area contributed by atoms with Gasteiger partial charge in [-0.1, -0.05) is 18.2 Å². The van der Waals surface area contributed by atoms with E-state index in [0.29, 0.717) is 13.1 Å². The number of H-pyrrole nitrogens is 1. The third-order valence-corrected chi connectivity index (χ3v) is 3.27. The molecule has 0 aliphatic heterocycles. The minimum atomic E-state index is 0.610. The summed E-state index contributed by atoms with van der Waals surface area (Å²) in [4.78, 5) is 7.58. The number of aromatic amines is 1. The Morgan fingerprint density at radius 3 is 2.76 bits per heavy atom. The minimum Gasteiger partial charge on any atom is -0.467 e. The number of fused-ring (bicyclic) bond motifs is 1. The van der Waals surface area contributed by atoms with Crippen LogP contribution in [-0.4, -0.2) is 18.0 Å². The van der Waals surface area contributed by atoms with Gasteiger partial charge in [0.25, 0.3) is 0 Å². The van der Waals surface area contributed by atoms with Crippen molar-refractivity contribution >= 4 is 16.9 Å². The number of rotatable bonds is 4. The summed E-state index contributed by atoms with van der Waals surface area (Å²) in [5.74, 6) is 1.62. The molecule has 0 unspecified atom stereocenters. The molecule has 0 aliphatic carbocycles. The Hall–Kier alpha value is -2.69. The fourth-order valence-electron chi connectivity index (χ4n) is 2.21. The number of nitrogens with one attached hydrogen (secondary N) is 3. The zero-order valence-electron chi connectivity index (χ0n) is 11.9. The van der Waals surface area contributed by atoms with Crippen LogP contribution in [0.5, 0.6) is 0 Å². The molecule has 2 aromatic heterocycles. The Bertz CT molecular complexity index is 695. The summed E-state index contributed by atoms with van der Waals surface area (Å²) >= 11 is 0. The Morgan fingerprint density at radius 2 is 2.00 bits per heavy atom. The van der Waals surface area contributed by atoms with Gasteiger partial charge in [-0.05, 0) is 29.7 Å². The zero-order chi connectivity index (χ0) is 14.5. The van der Waals surface area contributed by atoms with E-state index in [-0.39, 0.29) is 0 Å². The van der Waals surface area contributed by atoms with Gasteiger partial charge in [0.2, 0.25) is 0 Å². The molecule has 5 nitrogen and oxygen atoms in total. The number of hydrogen-bond donors (Lipinski definition) is 3. The molecule has 0 fully saturated rings. The molecule has 3 rings (SSSR count). The van der Waals surface area contributed by atoms with Gasteiger partial charge >= 0.3 is 0 Å². The van der Waals surface area contributed by atoms with Crippen molar-refractivity contribution in [1.29, 1.82) is 0 Å². The van der Waals surface area contributed by atoms with Crippen molar-refractivity contribution in [3.8, 4) is 0 Å². The van der Waals surface area contributed by atoms with Gasteiger partial charge in [0.15, 0.2) is 5.96 Å². The molecule has 21 heavy (non-hydrogen) atoms. The van der Waals surface area contributed by atoms with Crippen LogP contribution < -0.4 is 10.6 Å². The highest BCUT2D eigenvalue weighted by molar-refractivity contribution is 5.81. The largest absolute Gasteiger partial charge is 0.467 e. The number of hydrogen-bond acceptors (Lipinski definition) is 2. The summed E-state index contributed by atoms with van der Waals surface area (Å²) in [6, 6.07) is 14.2. The van der Waals surface area contributed by atoms with Crippen molar-refractivity contribution in [1.82, 2.24) is 15.6 Å². The molecule has 0 amide bonds. The maximum Gasteiger partial charge on any atom is 0.191 e. The van der Waals surface area contributed by atoms with Crippen LogP contribution in [0.3, 0.4) is 0 Å². The van der Waals surface area contributed by atoms with Crippen LogP contribution in [0.2, 0.25) is 0 Å². The molecule has 0 atom stereocenters. The molecular formula is C16H18N4O. The third kappa shape index (κ3) is 3.25. The SMILES string of the molecule is CN=C(NCc1cc2ccccc2[nH]1)NCc1ccco1. The second-order valence-electron chi connectivity index (χ2n) is 4.74. The topological polar surface area (TPSA) is 65.3 Å². The van der Waals surface area contributed by atoms with Crippen molar-refractivity contribution in [3.05, 3.63) is 60.2 Å². The lowest BCUT2D eigenvalue weighted by atomic mass is 10.2. The maximum atomic E-state index is 5.28. The number of aromatic nitrogens is 1. The molecule has 3 N–H and O–H groups in total. The molecule has 0 aliphatic rings. The lowest BCUT2D eigenvalue weighted by Gasteiger charge is -2.09. The van der Waals surface area contributed by atoms with Gasteiger partial charge in [-0.25, -0.2) is 0 Å². The Balaban J connectivity index is 1.57. The average molecular weight is 282 g/mol. The van der Waals surface area contributed by atoms with E-state index < -0.39 is 0 Å². The summed E-state index contributed by atoms with van der Waals surface area (Å²) in [6.45, 7) is 1.30. The normalized spacial score (nSPS) is 11.8. The second kappa shape index (κ2) is 6.17. The summed E-state index contributed by atoms with van der Waals surface area (Å²) in [6.07, 6.45) is 1.66. The van der Waals surface area contributed by atoms with Crippen molar-refractivity contribution in [2.75, 3.05) is 7.05 Å². The highest BCUT2D eigenvalue weighted by Gasteiger charge is 2.03. The van der Waals surface area contributed by atoms with Gasteiger partial charge in [0, 0.05) is 18.3 Å². The number of nitrogens with zero attached hydrogens (tertiary/aromatic N) is 1. The molecule has 0 saturated carbocycles. The lowest BCUT2D eigenvalue weighted by Crippen LogP contribution is -2.36. The number of furan rings is 1. The average Bonchev–Trinajstić information content (AvgIpc) is 3.16. The number of benzene rings is 1. The van der Waals surface area contributed by atoms with E-state index in [9.17, 15) is 0 Å². The summed E-state index contributed by atoms with van der Waals surface area (Å²) < 4.78 is 5.28. The Labute approximate surface area is 123 Å². The quantitative estimate of drug-likeness (QED) is 0.509. The van der Waals surface area contributed by atoms with Crippen molar-refractivity contribution in [3.63, 3.8) is 0 Å². The minimum absolute atomic E-state index is 0.610. The van der Waals surface area contributed by atoms with E-state index in [1.807, 2.05) is 24.3 Å². The highest BCUT2D eigenvalue weighted by Crippen LogP contribution is 2.14. The fourth-order valence-corrected chi connectivity index (χ4v) is 2.21. The van der Waals surface area contributed by atoms with Crippen LogP contribution >= 0.6 is 0 Å². The van der Waals surface area contributed by atoms with E-state index in [4.69, 9.17) is 4.42 Å².